The summed E-state index contributed by atoms with van der Waals surface area (Å²) < 4.78 is 34.7. The van der Waals surface area contributed by atoms with Crippen LogP contribution in [-0.2, 0) is 14.8 Å². The van der Waals surface area contributed by atoms with Crippen molar-refractivity contribution in [1.82, 2.24) is 4.98 Å². The molecule has 1 aromatic heterocycles. The lowest BCUT2D eigenvalue weighted by Crippen LogP contribution is -2.15. The lowest BCUT2D eigenvalue weighted by molar-refractivity contribution is -0.132. The number of carbonyl (C=O) groups is 1. The van der Waals surface area contributed by atoms with Gasteiger partial charge in [0, 0.05) is 17.1 Å². The van der Waals surface area contributed by atoms with Crippen LogP contribution in [0.15, 0.2) is 88.0 Å². The van der Waals surface area contributed by atoms with Crippen molar-refractivity contribution in [3.05, 3.63) is 83.7 Å². The molecule has 3 rings (SSSR count). The van der Waals surface area contributed by atoms with E-state index in [4.69, 9.17) is 9.84 Å². The van der Waals surface area contributed by atoms with E-state index in [0.717, 1.165) is 0 Å². The normalized spacial score (nSPS) is 11.9. The fraction of sp³-hybridized carbons (Fsp3) is 0.0800. The molecule has 0 spiro atoms. The number of nitrogens with zero attached hydrogens (tertiary/aromatic N) is 2. The molecular weight excluding hydrogens is 454 g/mol. The van der Waals surface area contributed by atoms with Crippen LogP contribution in [0.25, 0.3) is 10.9 Å². The van der Waals surface area contributed by atoms with Crippen molar-refractivity contribution in [1.29, 1.82) is 0 Å². The van der Waals surface area contributed by atoms with Gasteiger partial charge in [0.1, 0.15) is 11.4 Å². The molecule has 172 valence electrons. The molecule has 34 heavy (non-hydrogen) atoms. The van der Waals surface area contributed by atoms with Gasteiger partial charge < -0.3 is 9.84 Å². The number of carboxylic acids is 1. The number of nitrogens with one attached hydrogen (secondary N) is 1. The second-order valence-electron chi connectivity index (χ2n) is 6.94. The van der Waals surface area contributed by atoms with Gasteiger partial charge in [0.15, 0.2) is 4.90 Å². The first-order valence-electron chi connectivity index (χ1n) is 9.91. The van der Waals surface area contributed by atoms with Crippen molar-refractivity contribution in [2.75, 3.05) is 11.8 Å². The number of allylic oxidation sites excluding steroid dienone is 3. The average Bonchev–Trinajstić information content (AvgIpc) is 2.82. The van der Waals surface area contributed by atoms with Gasteiger partial charge in [0.2, 0.25) is 0 Å². The van der Waals surface area contributed by atoms with Gasteiger partial charge in [-0.05, 0) is 61.7 Å². The molecular formula is C25H21N3O5S. The van der Waals surface area contributed by atoms with Crippen LogP contribution in [0.3, 0.4) is 0 Å². The van der Waals surface area contributed by atoms with Crippen LogP contribution >= 0.6 is 0 Å². The van der Waals surface area contributed by atoms with E-state index in [1.54, 1.807) is 55.5 Å². The minimum Gasteiger partial charge on any atom is -0.495 e. The molecule has 0 amide bonds. The topological polar surface area (TPSA) is 118 Å². The number of aliphatic carboxylic acids is 1. The van der Waals surface area contributed by atoms with Gasteiger partial charge in [-0.3, -0.25) is 14.7 Å². The monoisotopic (exact) mass is 475 g/mol. The number of para-hydroxylation sites is 1. The van der Waals surface area contributed by atoms with Crippen LogP contribution in [0.4, 0.5) is 5.69 Å². The predicted octanol–water partition coefficient (Wildman–Crippen LogP) is 4.01. The van der Waals surface area contributed by atoms with Gasteiger partial charge in [-0.15, -0.1) is 0 Å². The van der Waals surface area contributed by atoms with Gasteiger partial charge in [-0.1, -0.05) is 30.0 Å². The Morgan fingerprint density at radius 2 is 1.94 bits per heavy atom. The smallest absolute Gasteiger partial charge is 0.354 e. The molecule has 0 saturated carbocycles. The fourth-order valence-corrected chi connectivity index (χ4v) is 4.41. The Labute approximate surface area is 197 Å². The number of methoxy groups -OCH3 is 1. The Hall–Kier alpha value is -4.42. The van der Waals surface area contributed by atoms with E-state index in [9.17, 15) is 13.2 Å². The zero-order valence-corrected chi connectivity index (χ0v) is 19.3. The number of benzene rings is 2. The highest BCUT2D eigenvalue weighted by atomic mass is 32.2. The van der Waals surface area contributed by atoms with E-state index >= 15 is 0 Å². The molecule has 2 N–H and O–H groups in total. The van der Waals surface area contributed by atoms with Gasteiger partial charge in [-0.2, -0.15) is 0 Å². The van der Waals surface area contributed by atoms with Crippen LogP contribution in [-0.4, -0.2) is 38.3 Å². The molecule has 9 heteroatoms. The number of hydrogen-bond acceptors (Lipinski definition) is 6. The lowest BCUT2D eigenvalue weighted by Gasteiger charge is -2.14. The molecule has 2 aromatic carbocycles. The molecule has 0 aliphatic carbocycles. The zero-order valence-electron chi connectivity index (χ0n) is 18.4. The van der Waals surface area contributed by atoms with E-state index in [0.29, 0.717) is 16.5 Å². The van der Waals surface area contributed by atoms with Crippen LogP contribution in [0, 0.1) is 11.8 Å². The molecule has 0 aliphatic heterocycles. The Bertz CT molecular complexity index is 1500. The highest BCUT2D eigenvalue weighted by Gasteiger charge is 2.24. The minimum atomic E-state index is -4.09. The van der Waals surface area contributed by atoms with Gasteiger partial charge in [0.25, 0.3) is 10.0 Å². The standard InChI is InChI=1S/C25H21N3O5S/c1-17(11-14-21(26-2)25(29)30)10-12-18-7-4-5-9-20(18)28-34(31,32)24-22(33-3)15-13-19-8-6-16-27-23(19)24/h4-9,11,13-16,28H,2H2,1,3H3,(H,29,30)/b17-11+,21-14-. The maximum absolute atomic E-state index is 13.4. The number of aliphatic imine (C=N–C) groups is 1. The summed E-state index contributed by atoms with van der Waals surface area (Å²) in [6.45, 7) is 4.90. The third-order valence-electron chi connectivity index (χ3n) is 4.63. The average molecular weight is 476 g/mol. The number of ether oxygens (including phenoxy) is 1. The maximum Gasteiger partial charge on any atom is 0.354 e. The number of carboxylic acid groups (broad SMARTS) is 1. The number of pyridine rings is 1. The summed E-state index contributed by atoms with van der Waals surface area (Å²) >= 11 is 0. The van der Waals surface area contributed by atoms with Crippen molar-refractivity contribution in [2.45, 2.75) is 11.8 Å². The van der Waals surface area contributed by atoms with Crippen molar-refractivity contribution in [3.63, 3.8) is 0 Å². The number of sulfonamides is 1. The second kappa shape index (κ2) is 10.5. The Morgan fingerprint density at radius 1 is 1.18 bits per heavy atom. The van der Waals surface area contributed by atoms with E-state index < -0.39 is 16.0 Å². The largest absolute Gasteiger partial charge is 0.495 e. The molecule has 1 heterocycles. The summed E-state index contributed by atoms with van der Waals surface area (Å²) in [6.07, 6.45) is 4.29. The van der Waals surface area contributed by atoms with Crippen molar-refractivity contribution < 1.29 is 23.1 Å². The number of anilines is 1. The number of fused-ring (bicyclic) bond motifs is 1. The van der Waals surface area contributed by atoms with Crippen LogP contribution in [0.1, 0.15) is 12.5 Å². The lowest BCUT2D eigenvalue weighted by atomic mass is 10.1. The van der Waals surface area contributed by atoms with E-state index in [-0.39, 0.29) is 27.5 Å². The number of aromatic nitrogens is 1. The Kier molecular flexibility index (Phi) is 7.46. The molecule has 0 radical (unpaired) electrons. The van der Waals surface area contributed by atoms with Crippen molar-refractivity contribution in [2.24, 2.45) is 4.99 Å². The summed E-state index contributed by atoms with van der Waals surface area (Å²) in [4.78, 5) is 18.6. The molecule has 0 atom stereocenters. The van der Waals surface area contributed by atoms with Gasteiger partial charge in [-0.25, -0.2) is 13.2 Å². The SMILES string of the molecule is C=N/C(=C\C=C(/C)C#Cc1ccccc1NS(=O)(=O)c1c(OC)ccc2cccnc12)C(=O)O. The minimum absolute atomic E-state index is 0.0739. The van der Waals surface area contributed by atoms with Crippen LogP contribution < -0.4 is 9.46 Å². The molecule has 0 bridgehead atoms. The van der Waals surface area contributed by atoms with Crippen LogP contribution in [0.2, 0.25) is 0 Å². The Balaban J connectivity index is 2.00. The second-order valence-corrected chi connectivity index (χ2v) is 8.56. The molecule has 0 aliphatic rings. The molecule has 0 unspecified atom stereocenters. The number of rotatable bonds is 7. The van der Waals surface area contributed by atoms with Crippen molar-refractivity contribution in [3.8, 4) is 17.6 Å². The predicted molar refractivity (Wildman–Crippen MR) is 131 cm³/mol. The van der Waals surface area contributed by atoms with Crippen molar-refractivity contribution >= 4 is 39.3 Å². The van der Waals surface area contributed by atoms with Crippen LogP contribution in [0.5, 0.6) is 5.75 Å². The maximum atomic E-state index is 13.4. The zero-order chi connectivity index (χ0) is 24.7. The third-order valence-corrected chi connectivity index (χ3v) is 6.05. The summed E-state index contributed by atoms with van der Waals surface area (Å²) in [6, 6.07) is 13.5. The Morgan fingerprint density at radius 3 is 2.65 bits per heavy atom. The van der Waals surface area contributed by atoms with E-state index in [2.05, 4.69) is 33.3 Å². The quantitative estimate of drug-likeness (QED) is 0.231. The van der Waals surface area contributed by atoms with Gasteiger partial charge >= 0.3 is 5.97 Å². The molecule has 8 nitrogen and oxygen atoms in total. The fourth-order valence-electron chi connectivity index (χ4n) is 3.00. The van der Waals surface area contributed by atoms with E-state index in [1.807, 2.05) is 0 Å². The molecule has 0 saturated heterocycles. The summed E-state index contributed by atoms with van der Waals surface area (Å²) in [5.41, 5.74) is 1.31. The molecule has 3 aromatic rings. The third kappa shape index (κ3) is 5.49. The summed E-state index contributed by atoms with van der Waals surface area (Å²) in [7, 11) is -2.70. The number of hydrogen-bond donors (Lipinski definition) is 2. The highest BCUT2D eigenvalue weighted by molar-refractivity contribution is 7.93. The first-order valence-corrected chi connectivity index (χ1v) is 11.4. The summed E-state index contributed by atoms with van der Waals surface area (Å²) in [5, 5.41) is 9.64. The summed E-state index contributed by atoms with van der Waals surface area (Å²) in [5.74, 6) is 4.74. The molecule has 0 fully saturated rings. The first kappa shape index (κ1) is 24.2. The van der Waals surface area contributed by atoms with Gasteiger partial charge in [0.05, 0.1) is 18.3 Å². The van der Waals surface area contributed by atoms with E-state index in [1.165, 1.54) is 25.5 Å². The first-order chi connectivity index (χ1) is 16.3. The highest BCUT2D eigenvalue weighted by Crippen LogP contribution is 2.32.